The van der Waals surface area contributed by atoms with Crippen molar-refractivity contribution in [1.29, 1.82) is 0 Å². The normalized spacial score (nSPS) is 15.4. The molecule has 0 spiro atoms. The highest BCUT2D eigenvalue weighted by Crippen LogP contribution is 2.30. The van der Waals surface area contributed by atoms with Gasteiger partial charge < -0.3 is 9.80 Å². The second-order valence-corrected chi connectivity index (χ2v) is 7.66. The second-order valence-electron chi connectivity index (χ2n) is 6.75. The molecule has 0 radical (unpaired) electrons. The molecular weight excluding hydrogens is 374 g/mol. The van der Waals surface area contributed by atoms with E-state index in [4.69, 9.17) is 6.57 Å². The Bertz CT molecular complexity index is 794. The maximum atomic E-state index is 6.93. The monoisotopic (exact) mass is 397 g/mol. The fourth-order valence-electron chi connectivity index (χ4n) is 3.55. The topological polar surface area (TPSA) is 10.8 Å². The van der Waals surface area contributed by atoms with Crippen LogP contribution in [0.15, 0.2) is 40.9 Å². The predicted molar refractivity (Wildman–Crippen MR) is 110 cm³/mol. The summed E-state index contributed by atoms with van der Waals surface area (Å²) in [7, 11) is 4.25. The van der Waals surface area contributed by atoms with Crippen LogP contribution in [-0.4, -0.2) is 27.2 Å². The Balaban J connectivity index is 0.000000146. The summed E-state index contributed by atoms with van der Waals surface area (Å²) in [6, 6.07) is 12.5. The largest absolute Gasteiger partial charge is 0.375 e. The summed E-state index contributed by atoms with van der Waals surface area (Å²) in [6.45, 7) is 9.22. The summed E-state index contributed by atoms with van der Waals surface area (Å²) in [5, 5.41) is 0. The maximum absolute atomic E-state index is 6.93. The minimum Gasteiger partial charge on any atom is -0.375 e. The second kappa shape index (κ2) is 7.93. The minimum atomic E-state index is 0.743. The van der Waals surface area contributed by atoms with E-state index in [-0.39, 0.29) is 0 Å². The van der Waals surface area contributed by atoms with Gasteiger partial charge in [-0.3, -0.25) is 0 Å². The molecule has 3 nitrogen and oxygen atoms in total. The van der Waals surface area contributed by atoms with E-state index >= 15 is 0 Å². The first-order valence-electron chi connectivity index (χ1n) is 8.79. The van der Waals surface area contributed by atoms with Gasteiger partial charge in [0.15, 0.2) is 5.69 Å². The van der Waals surface area contributed by atoms with Crippen LogP contribution in [0.1, 0.15) is 24.0 Å². The Hall–Kier alpha value is -1.99. The third-order valence-electron chi connectivity index (χ3n) is 4.95. The van der Waals surface area contributed by atoms with Gasteiger partial charge in [0, 0.05) is 43.0 Å². The first-order chi connectivity index (χ1) is 12.1. The Morgan fingerprint density at radius 1 is 0.880 bits per heavy atom. The summed E-state index contributed by atoms with van der Waals surface area (Å²) in [5.41, 5.74) is 6.22. The zero-order valence-corrected chi connectivity index (χ0v) is 16.5. The minimum absolute atomic E-state index is 0.743. The van der Waals surface area contributed by atoms with Gasteiger partial charge in [-0.2, -0.15) is 0 Å². The highest BCUT2D eigenvalue weighted by molar-refractivity contribution is 9.10. The van der Waals surface area contributed by atoms with Crippen LogP contribution in [-0.2, 0) is 12.8 Å². The van der Waals surface area contributed by atoms with Crippen LogP contribution >= 0.6 is 15.9 Å². The number of hydrogen-bond acceptors (Lipinski definition) is 2. The number of benzene rings is 2. The molecule has 0 unspecified atom stereocenters. The fourth-order valence-corrected chi connectivity index (χ4v) is 3.90. The third kappa shape index (κ3) is 4.16. The lowest BCUT2D eigenvalue weighted by Gasteiger charge is -2.27. The first kappa shape index (κ1) is 17.8. The van der Waals surface area contributed by atoms with Crippen LogP contribution in [0, 0.1) is 6.57 Å². The molecule has 0 aliphatic carbocycles. The molecule has 0 N–H and O–H groups in total. The number of fused-ring (bicyclic) bond motifs is 2. The number of anilines is 2. The summed E-state index contributed by atoms with van der Waals surface area (Å²) in [5.74, 6) is 0. The molecule has 4 heteroatoms. The van der Waals surface area contributed by atoms with Gasteiger partial charge in [0.1, 0.15) is 0 Å². The van der Waals surface area contributed by atoms with Crippen molar-refractivity contribution in [3.8, 4) is 0 Å². The molecule has 2 heterocycles. The third-order valence-corrected chi connectivity index (χ3v) is 5.44. The Labute approximate surface area is 159 Å². The van der Waals surface area contributed by atoms with E-state index in [9.17, 15) is 0 Å². The van der Waals surface area contributed by atoms with Gasteiger partial charge >= 0.3 is 0 Å². The molecule has 0 saturated carbocycles. The van der Waals surface area contributed by atoms with Crippen molar-refractivity contribution in [3.05, 3.63) is 63.4 Å². The lowest BCUT2D eigenvalue weighted by atomic mass is 10.0. The van der Waals surface area contributed by atoms with Gasteiger partial charge in [0.05, 0.1) is 6.57 Å². The number of nitrogens with zero attached hydrogens (tertiary/aromatic N) is 3. The summed E-state index contributed by atoms with van der Waals surface area (Å²) in [6.07, 6.45) is 4.89. The molecule has 0 amide bonds. The smallest absolute Gasteiger partial charge is 0.189 e. The van der Waals surface area contributed by atoms with Crippen molar-refractivity contribution in [1.82, 2.24) is 0 Å². The van der Waals surface area contributed by atoms with Crippen molar-refractivity contribution in [2.45, 2.75) is 25.7 Å². The number of hydrogen-bond donors (Lipinski definition) is 0. The van der Waals surface area contributed by atoms with E-state index in [0.717, 1.165) is 18.7 Å². The van der Waals surface area contributed by atoms with Gasteiger partial charge in [-0.1, -0.05) is 34.1 Å². The lowest BCUT2D eigenvalue weighted by Crippen LogP contribution is -2.24. The summed E-state index contributed by atoms with van der Waals surface area (Å²) < 4.78 is 1.18. The number of aryl methyl sites for hydroxylation is 2. The van der Waals surface area contributed by atoms with Gasteiger partial charge in [-0.15, -0.1) is 0 Å². The van der Waals surface area contributed by atoms with Crippen LogP contribution in [0.4, 0.5) is 17.1 Å². The molecule has 130 valence electrons. The average molecular weight is 398 g/mol. The molecule has 0 fully saturated rings. The summed E-state index contributed by atoms with van der Waals surface area (Å²) in [4.78, 5) is 7.99. The van der Waals surface area contributed by atoms with Gasteiger partial charge in [-0.05, 0) is 55.0 Å². The highest BCUT2D eigenvalue weighted by Gasteiger charge is 2.13. The van der Waals surface area contributed by atoms with Gasteiger partial charge in [0.2, 0.25) is 0 Å². The molecule has 0 bridgehead atoms. The van der Waals surface area contributed by atoms with Crippen molar-refractivity contribution >= 4 is 33.0 Å². The van der Waals surface area contributed by atoms with Crippen molar-refractivity contribution in [2.75, 3.05) is 37.0 Å². The molecule has 2 aliphatic heterocycles. The van der Waals surface area contributed by atoms with Crippen LogP contribution in [0.5, 0.6) is 0 Å². The maximum Gasteiger partial charge on any atom is 0.189 e. The molecular formula is C21H24BrN3. The van der Waals surface area contributed by atoms with Crippen LogP contribution in [0.2, 0.25) is 0 Å². The van der Waals surface area contributed by atoms with E-state index in [1.165, 1.54) is 52.8 Å². The highest BCUT2D eigenvalue weighted by atomic mass is 79.9. The van der Waals surface area contributed by atoms with Crippen LogP contribution < -0.4 is 9.80 Å². The predicted octanol–water partition coefficient (Wildman–Crippen LogP) is 5.45. The van der Waals surface area contributed by atoms with Crippen LogP contribution in [0.3, 0.4) is 0 Å². The van der Waals surface area contributed by atoms with Gasteiger partial charge in [0.25, 0.3) is 0 Å². The fraction of sp³-hybridized carbons (Fsp3) is 0.381. The average Bonchev–Trinajstić information content (AvgIpc) is 2.63. The Morgan fingerprint density at radius 3 is 2.04 bits per heavy atom. The lowest BCUT2D eigenvalue weighted by molar-refractivity contribution is 0.744. The number of rotatable bonds is 0. The molecule has 4 rings (SSSR count). The first-order valence-corrected chi connectivity index (χ1v) is 9.59. The number of halogens is 1. The quantitative estimate of drug-likeness (QED) is 0.547. The van der Waals surface area contributed by atoms with E-state index in [2.05, 4.69) is 68.9 Å². The standard InChI is InChI=1S/C11H12N2.C10H12BrN/c1-12-10-6-5-9-4-3-7-13(2)11(9)8-10;1-12-6-2-3-8-4-5-9(11)7-10(8)12/h5-6,8H,3-4,7H2,2H3;4-5,7H,2-3,6H2,1H3. The molecule has 2 aromatic rings. The van der Waals surface area contributed by atoms with Crippen molar-refractivity contribution in [3.63, 3.8) is 0 Å². The molecule has 2 aromatic carbocycles. The van der Waals surface area contributed by atoms with E-state index in [1.807, 2.05) is 12.1 Å². The van der Waals surface area contributed by atoms with Crippen LogP contribution in [0.25, 0.3) is 4.85 Å². The molecule has 0 saturated heterocycles. The molecule has 25 heavy (non-hydrogen) atoms. The van der Waals surface area contributed by atoms with E-state index in [0.29, 0.717) is 0 Å². The van der Waals surface area contributed by atoms with E-state index in [1.54, 1.807) is 0 Å². The molecule has 2 aliphatic rings. The van der Waals surface area contributed by atoms with Crippen molar-refractivity contribution < 1.29 is 0 Å². The zero-order chi connectivity index (χ0) is 17.8. The summed E-state index contributed by atoms with van der Waals surface area (Å²) >= 11 is 3.49. The van der Waals surface area contributed by atoms with Gasteiger partial charge in [-0.25, -0.2) is 4.85 Å². The van der Waals surface area contributed by atoms with Crippen molar-refractivity contribution in [2.24, 2.45) is 0 Å². The SMILES string of the molecule is CN1CCCc2ccc(Br)cc21.[C-]#[N+]c1ccc2c(c1)N(C)CCC2. The van der Waals surface area contributed by atoms with E-state index < -0.39 is 0 Å². The zero-order valence-electron chi connectivity index (χ0n) is 14.9. The Kier molecular flexibility index (Phi) is 5.65. The Morgan fingerprint density at radius 2 is 1.44 bits per heavy atom. The molecule has 0 atom stereocenters. The molecule has 0 aromatic heterocycles.